The number of nitrogens with zero attached hydrogens (tertiary/aromatic N) is 2. The molecule has 1 saturated heterocycles. The third-order valence-electron chi connectivity index (χ3n) is 5.73. The third kappa shape index (κ3) is 4.03. The number of likely N-dealkylation sites (tertiary alicyclic amines) is 1. The first-order valence-electron chi connectivity index (χ1n) is 10.0. The normalized spacial score (nSPS) is 20.4. The fraction of sp³-hybridized carbons (Fsp3) is 0.348. The van der Waals surface area contributed by atoms with Gasteiger partial charge in [-0.1, -0.05) is 36.4 Å². The summed E-state index contributed by atoms with van der Waals surface area (Å²) in [5.41, 5.74) is 0.877. The SMILES string of the molecule is COc1ccccc1CN(Cc1cccs1)C(=O)CN1C(=O)[C@@H]2CC=CC[C@H]2C1=O. The van der Waals surface area contributed by atoms with Gasteiger partial charge in [-0.3, -0.25) is 19.3 Å². The monoisotopic (exact) mass is 424 g/mol. The Balaban J connectivity index is 1.53. The van der Waals surface area contributed by atoms with E-state index in [1.165, 1.54) is 0 Å². The van der Waals surface area contributed by atoms with Crippen molar-refractivity contribution in [2.45, 2.75) is 25.9 Å². The molecule has 156 valence electrons. The lowest BCUT2D eigenvalue weighted by molar-refractivity contribution is -0.147. The Kier molecular flexibility index (Phi) is 5.99. The second-order valence-corrected chi connectivity index (χ2v) is 8.59. The van der Waals surface area contributed by atoms with E-state index in [0.717, 1.165) is 15.3 Å². The highest BCUT2D eigenvalue weighted by Crippen LogP contribution is 2.35. The Morgan fingerprint density at radius 2 is 1.77 bits per heavy atom. The van der Waals surface area contributed by atoms with E-state index in [0.29, 0.717) is 31.7 Å². The number of fused-ring (bicyclic) bond motifs is 1. The summed E-state index contributed by atoms with van der Waals surface area (Å²) in [6.45, 7) is 0.537. The predicted octanol–water partition coefficient (Wildman–Crippen LogP) is 3.24. The van der Waals surface area contributed by atoms with Gasteiger partial charge in [-0.25, -0.2) is 0 Å². The average Bonchev–Trinajstić information content (AvgIpc) is 3.36. The molecule has 30 heavy (non-hydrogen) atoms. The van der Waals surface area contributed by atoms with Gasteiger partial charge in [0.1, 0.15) is 12.3 Å². The molecule has 0 saturated carbocycles. The minimum Gasteiger partial charge on any atom is -0.496 e. The molecule has 1 aliphatic heterocycles. The van der Waals surface area contributed by atoms with Gasteiger partial charge in [-0.05, 0) is 30.4 Å². The number of benzene rings is 1. The number of thiophene rings is 1. The van der Waals surface area contributed by atoms with E-state index >= 15 is 0 Å². The maximum absolute atomic E-state index is 13.3. The molecule has 2 aliphatic rings. The van der Waals surface area contributed by atoms with E-state index in [2.05, 4.69) is 0 Å². The molecule has 0 unspecified atom stereocenters. The van der Waals surface area contributed by atoms with Crippen molar-refractivity contribution in [1.82, 2.24) is 9.80 Å². The van der Waals surface area contributed by atoms with Crippen molar-refractivity contribution in [2.75, 3.05) is 13.7 Å². The molecule has 0 radical (unpaired) electrons. The summed E-state index contributed by atoms with van der Waals surface area (Å²) in [4.78, 5) is 42.7. The second kappa shape index (κ2) is 8.83. The van der Waals surface area contributed by atoms with Gasteiger partial charge in [0.05, 0.1) is 25.5 Å². The van der Waals surface area contributed by atoms with Crippen molar-refractivity contribution in [2.24, 2.45) is 11.8 Å². The Morgan fingerprint density at radius 1 is 1.07 bits per heavy atom. The molecule has 0 N–H and O–H groups in total. The van der Waals surface area contributed by atoms with Crippen LogP contribution in [0.1, 0.15) is 23.3 Å². The molecule has 1 aliphatic carbocycles. The first-order chi connectivity index (χ1) is 14.6. The minimum atomic E-state index is -0.324. The van der Waals surface area contributed by atoms with Crippen LogP contribution in [0.5, 0.6) is 5.75 Å². The lowest BCUT2D eigenvalue weighted by Gasteiger charge is -2.25. The van der Waals surface area contributed by atoms with Crippen LogP contribution in [0.25, 0.3) is 0 Å². The minimum absolute atomic E-state index is 0.217. The Hall–Kier alpha value is -2.93. The van der Waals surface area contributed by atoms with Crippen molar-refractivity contribution in [3.05, 3.63) is 64.4 Å². The molecule has 1 aromatic carbocycles. The zero-order valence-electron chi connectivity index (χ0n) is 16.8. The first-order valence-corrected chi connectivity index (χ1v) is 10.9. The first kappa shape index (κ1) is 20.3. The quantitative estimate of drug-likeness (QED) is 0.506. The van der Waals surface area contributed by atoms with Crippen LogP contribution in [0.4, 0.5) is 0 Å². The zero-order chi connectivity index (χ0) is 21.1. The summed E-state index contributed by atoms with van der Waals surface area (Å²) in [5.74, 6) is -0.646. The molecule has 6 nitrogen and oxygen atoms in total. The smallest absolute Gasteiger partial charge is 0.243 e. The number of carbonyl (C=O) groups excluding carboxylic acids is 3. The van der Waals surface area contributed by atoms with Crippen LogP contribution in [-0.4, -0.2) is 41.2 Å². The van der Waals surface area contributed by atoms with Gasteiger partial charge in [-0.2, -0.15) is 0 Å². The van der Waals surface area contributed by atoms with Gasteiger partial charge in [-0.15, -0.1) is 11.3 Å². The molecule has 4 rings (SSSR count). The van der Waals surface area contributed by atoms with Gasteiger partial charge in [0.25, 0.3) is 0 Å². The number of ether oxygens (including phenoxy) is 1. The highest BCUT2D eigenvalue weighted by molar-refractivity contribution is 7.09. The number of rotatable bonds is 7. The highest BCUT2D eigenvalue weighted by Gasteiger charge is 2.47. The molecule has 3 amide bonds. The molecule has 2 atom stereocenters. The zero-order valence-corrected chi connectivity index (χ0v) is 17.6. The fourth-order valence-electron chi connectivity index (χ4n) is 4.12. The molecule has 7 heteroatoms. The number of para-hydroxylation sites is 1. The van der Waals surface area contributed by atoms with Crippen LogP contribution in [0, 0.1) is 11.8 Å². The van der Waals surface area contributed by atoms with E-state index in [1.54, 1.807) is 23.3 Å². The van der Waals surface area contributed by atoms with E-state index < -0.39 is 0 Å². The van der Waals surface area contributed by atoms with E-state index in [1.807, 2.05) is 53.9 Å². The summed E-state index contributed by atoms with van der Waals surface area (Å²) in [6, 6.07) is 11.5. The Morgan fingerprint density at radius 3 is 2.40 bits per heavy atom. The fourth-order valence-corrected chi connectivity index (χ4v) is 4.84. The van der Waals surface area contributed by atoms with E-state index in [9.17, 15) is 14.4 Å². The highest BCUT2D eigenvalue weighted by atomic mass is 32.1. The number of carbonyl (C=O) groups is 3. The van der Waals surface area contributed by atoms with Crippen LogP contribution in [0.2, 0.25) is 0 Å². The van der Waals surface area contributed by atoms with E-state index in [4.69, 9.17) is 4.74 Å². The molecule has 2 aromatic rings. The van der Waals surface area contributed by atoms with E-state index in [-0.39, 0.29) is 36.1 Å². The van der Waals surface area contributed by atoms with Gasteiger partial charge in [0, 0.05) is 17.0 Å². The molecule has 2 heterocycles. The number of methoxy groups -OCH3 is 1. The number of amides is 3. The largest absolute Gasteiger partial charge is 0.496 e. The van der Waals surface area contributed by atoms with Crippen LogP contribution in [-0.2, 0) is 27.5 Å². The Labute approximate surface area is 179 Å². The molecule has 0 spiro atoms. The van der Waals surface area contributed by atoms with Crippen LogP contribution in [0.15, 0.2) is 53.9 Å². The number of hydrogen-bond acceptors (Lipinski definition) is 5. The molecular formula is C23H24N2O4S. The average molecular weight is 425 g/mol. The lowest BCUT2D eigenvalue weighted by Crippen LogP contribution is -2.42. The van der Waals surface area contributed by atoms with Gasteiger partial charge >= 0.3 is 0 Å². The summed E-state index contributed by atoms with van der Waals surface area (Å²) in [6.07, 6.45) is 5.03. The third-order valence-corrected chi connectivity index (χ3v) is 6.59. The van der Waals surface area contributed by atoms with Gasteiger partial charge in [0.15, 0.2) is 0 Å². The lowest BCUT2D eigenvalue weighted by atomic mass is 9.85. The van der Waals surface area contributed by atoms with Crippen molar-refractivity contribution in [3.8, 4) is 5.75 Å². The number of allylic oxidation sites excluding steroid dienone is 2. The molecule has 1 aromatic heterocycles. The topological polar surface area (TPSA) is 66.9 Å². The molecule has 0 bridgehead atoms. The van der Waals surface area contributed by atoms with Crippen molar-refractivity contribution < 1.29 is 19.1 Å². The van der Waals surface area contributed by atoms with Crippen LogP contribution < -0.4 is 4.74 Å². The maximum Gasteiger partial charge on any atom is 0.243 e. The van der Waals surface area contributed by atoms with Crippen molar-refractivity contribution >= 4 is 29.1 Å². The molecule has 1 fully saturated rings. The van der Waals surface area contributed by atoms with Crippen molar-refractivity contribution in [3.63, 3.8) is 0 Å². The summed E-state index contributed by atoms with van der Waals surface area (Å²) < 4.78 is 5.43. The Bertz CT molecular complexity index is 943. The summed E-state index contributed by atoms with van der Waals surface area (Å²) in [7, 11) is 1.60. The van der Waals surface area contributed by atoms with Crippen LogP contribution >= 0.6 is 11.3 Å². The summed E-state index contributed by atoms with van der Waals surface area (Å²) in [5, 5.41) is 1.96. The number of hydrogen-bond donors (Lipinski definition) is 0. The molecular weight excluding hydrogens is 400 g/mol. The summed E-state index contributed by atoms with van der Waals surface area (Å²) >= 11 is 1.57. The van der Waals surface area contributed by atoms with Gasteiger partial charge < -0.3 is 9.64 Å². The van der Waals surface area contributed by atoms with Crippen LogP contribution in [0.3, 0.4) is 0 Å². The van der Waals surface area contributed by atoms with Crippen molar-refractivity contribution in [1.29, 1.82) is 0 Å². The maximum atomic E-state index is 13.3. The number of imide groups is 1. The second-order valence-electron chi connectivity index (χ2n) is 7.56. The van der Waals surface area contributed by atoms with Gasteiger partial charge in [0.2, 0.25) is 17.7 Å². The standard InChI is InChI=1S/C23H24N2O4S/c1-29-20-11-5-2-7-16(20)13-24(14-17-8-6-12-30-17)21(26)15-25-22(27)18-9-3-4-10-19(18)23(25)28/h2-8,11-12,18-19H,9-10,13-15H2,1H3/t18-,19-/m1/s1. The predicted molar refractivity (Wildman–Crippen MR) is 114 cm³/mol.